The van der Waals surface area contributed by atoms with E-state index in [-0.39, 0.29) is 18.5 Å². The third kappa shape index (κ3) is 3.21. The average molecular weight is 264 g/mol. The Morgan fingerprint density at radius 3 is 2.79 bits per heavy atom. The number of pyridine rings is 1. The van der Waals surface area contributed by atoms with Gasteiger partial charge in [0.05, 0.1) is 0 Å². The molecule has 0 spiro atoms. The standard InChI is InChI=1S/C13H16N2O4/c1-9(2)7-10(15-8-18-13(15)17)12(16)19-11-5-3-4-6-14-11/h3-6,9-10H,7-8H2,1-2H3/t10-/m0/s1. The van der Waals surface area contributed by atoms with Crippen LogP contribution in [0.2, 0.25) is 0 Å². The van der Waals surface area contributed by atoms with Crippen molar-refractivity contribution in [3.05, 3.63) is 24.4 Å². The number of nitrogens with zero attached hydrogens (tertiary/aromatic N) is 2. The minimum atomic E-state index is -0.622. The second-order valence-electron chi connectivity index (χ2n) is 4.74. The van der Waals surface area contributed by atoms with Crippen LogP contribution in [0, 0.1) is 5.92 Å². The minimum absolute atomic E-state index is 0.132. The maximum Gasteiger partial charge on any atom is 0.414 e. The summed E-state index contributed by atoms with van der Waals surface area (Å²) in [5.41, 5.74) is 0. The summed E-state index contributed by atoms with van der Waals surface area (Å²) in [5.74, 6) is 0.00822. The van der Waals surface area contributed by atoms with Gasteiger partial charge in [0.2, 0.25) is 5.88 Å². The van der Waals surface area contributed by atoms with Crippen molar-refractivity contribution in [2.45, 2.75) is 26.3 Å². The molecule has 0 aliphatic carbocycles. The van der Waals surface area contributed by atoms with Crippen LogP contribution in [0.15, 0.2) is 24.4 Å². The molecule has 102 valence electrons. The van der Waals surface area contributed by atoms with E-state index in [1.165, 1.54) is 11.1 Å². The lowest BCUT2D eigenvalue weighted by atomic mass is 10.0. The van der Waals surface area contributed by atoms with Crippen molar-refractivity contribution in [1.29, 1.82) is 0 Å². The molecule has 0 radical (unpaired) electrons. The van der Waals surface area contributed by atoms with Crippen molar-refractivity contribution in [3.8, 4) is 5.88 Å². The molecule has 0 bridgehead atoms. The Labute approximate surface area is 111 Å². The van der Waals surface area contributed by atoms with Crippen molar-refractivity contribution < 1.29 is 19.1 Å². The van der Waals surface area contributed by atoms with Crippen molar-refractivity contribution in [2.24, 2.45) is 5.92 Å². The Morgan fingerprint density at radius 2 is 2.32 bits per heavy atom. The monoisotopic (exact) mass is 264 g/mol. The lowest BCUT2D eigenvalue weighted by molar-refractivity contribution is -0.147. The fourth-order valence-corrected chi connectivity index (χ4v) is 1.78. The Hall–Kier alpha value is -2.11. The molecule has 19 heavy (non-hydrogen) atoms. The first-order chi connectivity index (χ1) is 9.08. The number of esters is 1. The van der Waals surface area contributed by atoms with Gasteiger partial charge in [0, 0.05) is 12.3 Å². The highest BCUT2D eigenvalue weighted by Crippen LogP contribution is 2.20. The summed E-state index contributed by atoms with van der Waals surface area (Å²) in [6.07, 6.45) is 1.59. The van der Waals surface area contributed by atoms with E-state index in [1.807, 2.05) is 13.8 Å². The highest BCUT2D eigenvalue weighted by Gasteiger charge is 2.39. The molecule has 0 N–H and O–H groups in total. The lowest BCUT2D eigenvalue weighted by Crippen LogP contribution is -2.55. The van der Waals surface area contributed by atoms with Gasteiger partial charge in [-0.2, -0.15) is 0 Å². The number of hydrogen-bond donors (Lipinski definition) is 0. The fraction of sp³-hybridized carbons (Fsp3) is 0.462. The summed E-state index contributed by atoms with van der Waals surface area (Å²) in [7, 11) is 0. The Kier molecular flexibility index (Phi) is 3.99. The van der Waals surface area contributed by atoms with E-state index in [9.17, 15) is 9.59 Å². The zero-order valence-electron chi connectivity index (χ0n) is 10.9. The summed E-state index contributed by atoms with van der Waals surface area (Å²) in [5, 5.41) is 0. The molecule has 0 unspecified atom stereocenters. The molecule has 1 aromatic rings. The summed E-state index contributed by atoms with van der Waals surface area (Å²) >= 11 is 0. The molecular formula is C13H16N2O4. The summed E-state index contributed by atoms with van der Waals surface area (Å²) in [6, 6.07) is 4.43. The second kappa shape index (κ2) is 5.69. The van der Waals surface area contributed by atoms with Crippen LogP contribution in [0.3, 0.4) is 0 Å². The van der Waals surface area contributed by atoms with E-state index in [0.29, 0.717) is 6.42 Å². The number of ether oxygens (including phenoxy) is 2. The van der Waals surface area contributed by atoms with E-state index < -0.39 is 18.1 Å². The highest BCUT2D eigenvalue weighted by atomic mass is 16.6. The molecule has 1 atom stereocenters. The Balaban J connectivity index is 2.05. The predicted molar refractivity (Wildman–Crippen MR) is 66.3 cm³/mol. The van der Waals surface area contributed by atoms with Gasteiger partial charge in [-0.3, -0.25) is 4.90 Å². The molecule has 2 rings (SSSR count). The van der Waals surface area contributed by atoms with Crippen LogP contribution in [-0.4, -0.2) is 34.7 Å². The van der Waals surface area contributed by atoms with Crippen LogP contribution >= 0.6 is 0 Å². The maximum absolute atomic E-state index is 12.1. The number of cyclic esters (lactones) is 1. The predicted octanol–water partition coefficient (Wildman–Crippen LogP) is 1.81. The van der Waals surface area contributed by atoms with Crippen LogP contribution in [0.1, 0.15) is 20.3 Å². The molecule has 1 aromatic heterocycles. The van der Waals surface area contributed by atoms with Gasteiger partial charge in [-0.05, 0) is 18.4 Å². The van der Waals surface area contributed by atoms with E-state index in [2.05, 4.69) is 9.72 Å². The molecule has 1 fully saturated rings. The summed E-state index contributed by atoms with van der Waals surface area (Å²) in [6.45, 7) is 4.09. The minimum Gasteiger partial charge on any atom is -0.428 e. The number of rotatable bonds is 5. The molecule has 2 heterocycles. The van der Waals surface area contributed by atoms with Gasteiger partial charge in [-0.25, -0.2) is 14.6 Å². The van der Waals surface area contributed by atoms with Gasteiger partial charge in [0.15, 0.2) is 6.73 Å². The van der Waals surface area contributed by atoms with Crippen LogP contribution < -0.4 is 4.74 Å². The van der Waals surface area contributed by atoms with Crippen molar-refractivity contribution in [1.82, 2.24) is 9.88 Å². The molecule has 0 saturated carbocycles. The number of carbonyl (C=O) groups excluding carboxylic acids is 2. The van der Waals surface area contributed by atoms with E-state index in [0.717, 1.165) is 0 Å². The quantitative estimate of drug-likeness (QED) is 0.759. The van der Waals surface area contributed by atoms with Gasteiger partial charge in [-0.15, -0.1) is 0 Å². The first-order valence-electron chi connectivity index (χ1n) is 6.14. The molecule has 1 aliphatic rings. The van der Waals surface area contributed by atoms with Crippen LogP contribution in [-0.2, 0) is 9.53 Å². The van der Waals surface area contributed by atoms with Crippen molar-refractivity contribution in [3.63, 3.8) is 0 Å². The molecule has 6 nitrogen and oxygen atoms in total. The second-order valence-corrected chi connectivity index (χ2v) is 4.74. The van der Waals surface area contributed by atoms with E-state index >= 15 is 0 Å². The summed E-state index contributed by atoms with van der Waals surface area (Å²) < 4.78 is 9.85. The fourth-order valence-electron chi connectivity index (χ4n) is 1.78. The zero-order chi connectivity index (χ0) is 13.8. The lowest BCUT2D eigenvalue weighted by Gasteiger charge is -2.36. The van der Waals surface area contributed by atoms with Gasteiger partial charge in [-0.1, -0.05) is 19.9 Å². The molecule has 1 saturated heterocycles. The zero-order valence-corrected chi connectivity index (χ0v) is 10.9. The number of hydrogen-bond acceptors (Lipinski definition) is 5. The number of amides is 1. The first kappa shape index (κ1) is 13.3. The normalized spacial score (nSPS) is 15.7. The Bertz CT molecular complexity index is 461. The van der Waals surface area contributed by atoms with Gasteiger partial charge in [0.1, 0.15) is 6.04 Å². The highest BCUT2D eigenvalue weighted by molar-refractivity contribution is 5.84. The van der Waals surface area contributed by atoms with Gasteiger partial charge in [0.25, 0.3) is 0 Å². The average Bonchev–Trinajstić information content (AvgIpc) is 2.37. The largest absolute Gasteiger partial charge is 0.428 e. The molecule has 1 amide bonds. The molecule has 6 heteroatoms. The number of carbonyl (C=O) groups is 2. The maximum atomic E-state index is 12.1. The van der Waals surface area contributed by atoms with Crippen molar-refractivity contribution >= 4 is 12.1 Å². The number of aromatic nitrogens is 1. The van der Waals surface area contributed by atoms with Crippen LogP contribution in [0.5, 0.6) is 5.88 Å². The SMILES string of the molecule is CC(C)C[C@@H](C(=O)Oc1ccccn1)N1COC1=O. The Morgan fingerprint density at radius 1 is 1.53 bits per heavy atom. The topological polar surface area (TPSA) is 68.7 Å². The van der Waals surface area contributed by atoms with E-state index in [1.54, 1.807) is 18.2 Å². The van der Waals surface area contributed by atoms with Gasteiger partial charge < -0.3 is 9.47 Å². The van der Waals surface area contributed by atoms with Crippen LogP contribution in [0.25, 0.3) is 0 Å². The third-order valence-corrected chi connectivity index (χ3v) is 2.75. The molecule has 1 aliphatic heterocycles. The van der Waals surface area contributed by atoms with Crippen molar-refractivity contribution in [2.75, 3.05) is 6.73 Å². The molecule has 0 aromatic carbocycles. The van der Waals surface area contributed by atoms with E-state index in [4.69, 9.17) is 4.74 Å². The smallest absolute Gasteiger partial charge is 0.414 e. The first-order valence-corrected chi connectivity index (χ1v) is 6.14. The summed E-state index contributed by atoms with van der Waals surface area (Å²) in [4.78, 5) is 28.7. The molecular weight excluding hydrogens is 248 g/mol. The van der Waals surface area contributed by atoms with Crippen LogP contribution in [0.4, 0.5) is 4.79 Å². The third-order valence-electron chi connectivity index (χ3n) is 2.75. The van der Waals surface area contributed by atoms with Gasteiger partial charge >= 0.3 is 12.1 Å².